The largest absolute Gasteiger partial charge is 0.337 e. The molecule has 1 atom stereocenters. The third-order valence-corrected chi connectivity index (χ3v) is 3.66. The van der Waals surface area contributed by atoms with Gasteiger partial charge in [0.25, 0.3) is 5.69 Å². The number of nitro groups is 1. The molecule has 0 aliphatic carbocycles. The summed E-state index contributed by atoms with van der Waals surface area (Å²) in [6.07, 6.45) is 1.95. The molecule has 0 unspecified atom stereocenters. The molecule has 0 heterocycles. The van der Waals surface area contributed by atoms with E-state index in [1.807, 2.05) is 13.2 Å². The molecule has 0 saturated heterocycles. The quantitative estimate of drug-likeness (QED) is 0.646. The smallest absolute Gasteiger partial charge is 0.319 e. The molecular weight excluding hydrogens is 290 g/mol. The Bertz CT molecular complexity index is 484. The van der Waals surface area contributed by atoms with E-state index in [0.29, 0.717) is 6.54 Å². The summed E-state index contributed by atoms with van der Waals surface area (Å²) < 4.78 is 0. The number of carbonyl (C=O) groups excluding carboxylic acids is 1. The average molecular weight is 304 g/mol. The van der Waals surface area contributed by atoms with Crippen LogP contribution in [0.5, 0.6) is 0 Å². The van der Waals surface area contributed by atoms with Crippen molar-refractivity contribution in [2.24, 2.45) is 0 Å². The molecule has 0 saturated carbocycles. The van der Waals surface area contributed by atoms with E-state index in [0.717, 1.165) is 0 Å². The molecule has 1 aromatic carbocycles. The number of benzene rings is 1. The number of halogens is 1. The lowest BCUT2D eigenvalue weighted by Gasteiger charge is -2.11. The summed E-state index contributed by atoms with van der Waals surface area (Å²) in [4.78, 5) is 21.7. The number of amides is 2. The van der Waals surface area contributed by atoms with Gasteiger partial charge in [-0.25, -0.2) is 4.79 Å². The zero-order valence-corrected chi connectivity index (χ0v) is 12.0. The van der Waals surface area contributed by atoms with Crippen molar-refractivity contribution in [3.63, 3.8) is 0 Å². The van der Waals surface area contributed by atoms with Crippen molar-refractivity contribution in [3.05, 3.63) is 33.3 Å². The van der Waals surface area contributed by atoms with Crippen molar-refractivity contribution in [1.82, 2.24) is 5.32 Å². The third-order valence-electron chi connectivity index (χ3n) is 2.36. The first-order valence-electron chi connectivity index (χ1n) is 5.45. The number of thioether (sulfide) groups is 1. The number of nitro benzene ring substituents is 1. The van der Waals surface area contributed by atoms with Crippen LogP contribution < -0.4 is 10.6 Å². The molecule has 2 N–H and O–H groups in total. The minimum absolute atomic E-state index is 0.128. The van der Waals surface area contributed by atoms with Crippen LogP contribution in [0.2, 0.25) is 5.02 Å². The second-order valence-electron chi connectivity index (χ2n) is 3.80. The summed E-state index contributed by atoms with van der Waals surface area (Å²) in [5, 5.41) is 16.3. The highest BCUT2D eigenvalue weighted by atomic mass is 35.5. The van der Waals surface area contributed by atoms with Gasteiger partial charge in [0, 0.05) is 23.9 Å². The van der Waals surface area contributed by atoms with E-state index < -0.39 is 11.0 Å². The Morgan fingerprint density at radius 1 is 1.58 bits per heavy atom. The number of non-ortho nitro benzene ring substituents is 1. The van der Waals surface area contributed by atoms with Crippen molar-refractivity contribution in [3.8, 4) is 0 Å². The molecule has 0 radical (unpaired) electrons. The van der Waals surface area contributed by atoms with Crippen molar-refractivity contribution < 1.29 is 9.72 Å². The van der Waals surface area contributed by atoms with E-state index >= 15 is 0 Å². The number of urea groups is 1. The first-order chi connectivity index (χ1) is 8.93. The summed E-state index contributed by atoms with van der Waals surface area (Å²) in [7, 11) is 0. The van der Waals surface area contributed by atoms with Crippen LogP contribution in [0.3, 0.4) is 0 Å². The molecule has 104 valence electrons. The minimum atomic E-state index is -0.546. The van der Waals surface area contributed by atoms with Crippen LogP contribution in [-0.2, 0) is 0 Å². The Balaban J connectivity index is 2.68. The van der Waals surface area contributed by atoms with Crippen molar-refractivity contribution >= 4 is 40.8 Å². The topological polar surface area (TPSA) is 84.3 Å². The van der Waals surface area contributed by atoms with Gasteiger partial charge in [-0.1, -0.05) is 18.5 Å². The number of anilines is 1. The molecule has 0 aliphatic heterocycles. The normalized spacial score (nSPS) is 11.7. The molecule has 19 heavy (non-hydrogen) atoms. The fourth-order valence-electron chi connectivity index (χ4n) is 1.21. The van der Waals surface area contributed by atoms with Gasteiger partial charge < -0.3 is 10.6 Å². The Kier molecular flexibility index (Phi) is 5.91. The maximum atomic E-state index is 11.6. The highest BCUT2D eigenvalue weighted by molar-refractivity contribution is 7.99. The molecule has 0 bridgehead atoms. The maximum Gasteiger partial charge on any atom is 0.319 e. The SMILES string of the molecule is CS[C@H](C)CNC(=O)Nc1cc([N+](=O)[O-])ccc1Cl. The second kappa shape index (κ2) is 7.20. The lowest BCUT2D eigenvalue weighted by molar-refractivity contribution is -0.384. The molecule has 2 amide bonds. The molecular formula is C11H14ClN3O3S. The van der Waals surface area contributed by atoms with E-state index in [1.165, 1.54) is 18.2 Å². The van der Waals surface area contributed by atoms with E-state index in [1.54, 1.807) is 11.8 Å². The monoisotopic (exact) mass is 303 g/mol. The molecule has 0 spiro atoms. The highest BCUT2D eigenvalue weighted by Gasteiger charge is 2.12. The Hall–Kier alpha value is -1.47. The minimum Gasteiger partial charge on any atom is -0.337 e. The first kappa shape index (κ1) is 15.6. The Labute approximate surface area is 120 Å². The summed E-state index contributed by atoms with van der Waals surface area (Å²) in [5.74, 6) is 0. The molecule has 1 aromatic rings. The van der Waals surface area contributed by atoms with Crippen LogP contribution in [0.1, 0.15) is 6.92 Å². The molecule has 0 aromatic heterocycles. The van der Waals surface area contributed by atoms with E-state index in [4.69, 9.17) is 11.6 Å². The standard InChI is InChI=1S/C11H14ClN3O3S/c1-7(19-2)6-13-11(16)14-10-5-8(15(17)18)3-4-9(10)12/h3-5,7H,6H2,1-2H3,(H2,13,14,16)/t7-/m1/s1. The van der Waals surface area contributed by atoms with Gasteiger partial charge in [-0.3, -0.25) is 10.1 Å². The van der Waals surface area contributed by atoms with Gasteiger partial charge >= 0.3 is 6.03 Å². The zero-order chi connectivity index (χ0) is 14.4. The zero-order valence-electron chi connectivity index (χ0n) is 10.5. The number of carbonyl (C=O) groups is 1. The van der Waals surface area contributed by atoms with Crippen molar-refractivity contribution in [2.75, 3.05) is 18.1 Å². The number of hydrogen-bond donors (Lipinski definition) is 2. The van der Waals surface area contributed by atoms with Crippen LogP contribution >= 0.6 is 23.4 Å². The fourth-order valence-corrected chi connectivity index (χ4v) is 1.62. The highest BCUT2D eigenvalue weighted by Crippen LogP contribution is 2.26. The molecule has 0 aliphatic rings. The van der Waals surface area contributed by atoms with Gasteiger partial charge in [0.1, 0.15) is 0 Å². The third kappa shape index (κ3) is 4.96. The molecule has 6 nitrogen and oxygen atoms in total. The first-order valence-corrected chi connectivity index (χ1v) is 7.12. The van der Waals surface area contributed by atoms with E-state index in [2.05, 4.69) is 10.6 Å². The number of hydrogen-bond acceptors (Lipinski definition) is 4. The average Bonchev–Trinajstić information content (AvgIpc) is 2.38. The molecule has 1 rings (SSSR count). The predicted molar refractivity (Wildman–Crippen MR) is 78.1 cm³/mol. The van der Waals surface area contributed by atoms with Crippen LogP contribution in [0.25, 0.3) is 0 Å². The summed E-state index contributed by atoms with van der Waals surface area (Å²) in [5.41, 5.74) is 0.0855. The summed E-state index contributed by atoms with van der Waals surface area (Å²) in [6, 6.07) is 3.43. The Morgan fingerprint density at radius 3 is 2.84 bits per heavy atom. The molecule has 0 fully saturated rings. The lowest BCUT2D eigenvalue weighted by atomic mass is 10.3. The lowest BCUT2D eigenvalue weighted by Crippen LogP contribution is -2.33. The summed E-state index contributed by atoms with van der Waals surface area (Å²) in [6.45, 7) is 2.48. The number of rotatable bonds is 5. The van der Waals surface area contributed by atoms with Crippen molar-refractivity contribution in [2.45, 2.75) is 12.2 Å². The second-order valence-corrected chi connectivity index (χ2v) is 5.49. The van der Waals surface area contributed by atoms with Gasteiger partial charge in [-0.2, -0.15) is 11.8 Å². The van der Waals surface area contributed by atoms with Gasteiger partial charge in [-0.05, 0) is 12.3 Å². The van der Waals surface area contributed by atoms with Gasteiger partial charge in [0.05, 0.1) is 15.6 Å². The van der Waals surface area contributed by atoms with Crippen molar-refractivity contribution in [1.29, 1.82) is 0 Å². The van der Waals surface area contributed by atoms with Gasteiger partial charge in [0.15, 0.2) is 0 Å². The van der Waals surface area contributed by atoms with Crippen LogP contribution in [0.15, 0.2) is 18.2 Å². The van der Waals surface area contributed by atoms with Crippen LogP contribution in [0, 0.1) is 10.1 Å². The van der Waals surface area contributed by atoms with Crippen LogP contribution in [-0.4, -0.2) is 29.0 Å². The number of nitrogens with zero attached hydrogens (tertiary/aromatic N) is 1. The van der Waals surface area contributed by atoms with Gasteiger partial charge in [-0.15, -0.1) is 0 Å². The van der Waals surface area contributed by atoms with Crippen LogP contribution in [0.4, 0.5) is 16.2 Å². The van der Waals surface area contributed by atoms with E-state index in [9.17, 15) is 14.9 Å². The fraction of sp³-hybridized carbons (Fsp3) is 0.364. The van der Waals surface area contributed by atoms with E-state index in [-0.39, 0.29) is 21.6 Å². The summed E-state index contributed by atoms with van der Waals surface area (Å²) >= 11 is 7.49. The Morgan fingerprint density at radius 2 is 2.26 bits per heavy atom. The number of nitrogens with one attached hydrogen (secondary N) is 2. The van der Waals surface area contributed by atoms with Gasteiger partial charge in [0.2, 0.25) is 0 Å². The predicted octanol–water partition coefficient (Wildman–Crippen LogP) is 3.12. The maximum absolute atomic E-state index is 11.6. The molecule has 8 heteroatoms.